The van der Waals surface area contributed by atoms with Crippen molar-refractivity contribution in [3.05, 3.63) is 34.6 Å². The Morgan fingerprint density at radius 3 is 3.05 bits per heavy atom. The molecule has 0 unspecified atom stereocenters. The normalized spacial score (nSPS) is 15.3. The van der Waals surface area contributed by atoms with Crippen LogP contribution in [0.1, 0.15) is 21.1 Å². The molecule has 1 amide bonds. The van der Waals surface area contributed by atoms with Gasteiger partial charge in [-0.15, -0.1) is 11.3 Å². The van der Waals surface area contributed by atoms with Gasteiger partial charge in [0, 0.05) is 37.6 Å². The maximum absolute atomic E-state index is 12.1. The Bertz CT molecular complexity index is 616. The Hall–Kier alpha value is -1.66. The number of thiazole rings is 1. The Labute approximate surface area is 115 Å². The molecule has 0 radical (unpaired) electrons. The smallest absolute Gasteiger partial charge is 0.274 e. The lowest BCUT2D eigenvalue weighted by Crippen LogP contribution is -2.25. The highest BCUT2D eigenvalue weighted by Crippen LogP contribution is 2.27. The molecular weight excluding hydrogens is 260 g/mol. The van der Waals surface area contributed by atoms with Crippen LogP contribution in [0.15, 0.2) is 18.3 Å². The van der Waals surface area contributed by atoms with Crippen molar-refractivity contribution in [2.75, 3.05) is 18.9 Å². The number of hydrogen-bond acceptors (Lipinski definition) is 4. The number of aryl methyl sites for hydroxylation is 1. The summed E-state index contributed by atoms with van der Waals surface area (Å²) in [5.74, 6) is -0.105. The summed E-state index contributed by atoms with van der Waals surface area (Å²) in [5, 5.41) is 3.59. The molecule has 0 atom stereocenters. The monoisotopic (exact) mass is 276 g/mol. The summed E-state index contributed by atoms with van der Waals surface area (Å²) in [6.45, 7) is 1.95. The summed E-state index contributed by atoms with van der Waals surface area (Å²) in [6.07, 6.45) is 2.82. The van der Waals surface area contributed by atoms with E-state index in [-0.39, 0.29) is 5.91 Å². The summed E-state index contributed by atoms with van der Waals surface area (Å²) in [5.41, 5.74) is 1.77. The first-order chi connectivity index (χ1) is 9.13. The highest BCUT2D eigenvalue weighted by Gasteiger charge is 2.19. The fraction of sp³-hybridized carbons (Fsp3) is 0.385. The fourth-order valence-corrected chi connectivity index (χ4v) is 3.32. The second kappa shape index (κ2) is 4.79. The van der Waals surface area contributed by atoms with Gasteiger partial charge in [-0.25, -0.2) is 4.98 Å². The van der Waals surface area contributed by atoms with Crippen molar-refractivity contribution >= 4 is 22.4 Å². The third kappa shape index (κ3) is 2.41. The van der Waals surface area contributed by atoms with Gasteiger partial charge in [-0.1, -0.05) is 0 Å². The third-order valence-corrected chi connectivity index (χ3v) is 4.32. The van der Waals surface area contributed by atoms with Crippen LogP contribution in [0.3, 0.4) is 0 Å². The first kappa shape index (κ1) is 12.4. The van der Waals surface area contributed by atoms with E-state index in [1.54, 1.807) is 22.0 Å². The van der Waals surface area contributed by atoms with Crippen LogP contribution in [0.2, 0.25) is 0 Å². The quantitative estimate of drug-likeness (QED) is 0.908. The van der Waals surface area contributed by atoms with Gasteiger partial charge in [-0.05, 0) is 19.2 Å². The SMILES string of the molecule is CN1CCc2nc(NC(=O)c3cccn3C)sc2C1. The number of aromatic nitrogens is 2. The van der Waals surface area contributed by atoms with Crippen LogP contribution in [0.25, 0.3) is 0 Å². The van der Waals surface area contributed by atoms with Crippen molar-refractivity contribution in [3.8, 4) is 0 Å². The zero-order chi connectivity index (χ0) is 13.4. The van der Waals surface area contributed by atoms with E-state index in [9.17, 15) is 4.79 Å². The highest BCUT2D eigenvalue weighted by molar-refractivity contribution is 7.15. The molecular formula is C13H16N4OS. The van der Waals surface area contributed by atoms with E-state index >= 15 is 0 Å². The first-order valence-corrected chi connectivity index (χ1v) is 7.05. The average molecular weight is 276 g/mol. The summed E-state index contributed by atoms with van der Waals surface area (Å²) in [7, 11) is 3.96. The molecule has 3 heterocycles. The highest BCUT2D eigenvalue weighted by atomic mass is 32.1. The number of fused-ring (bicyclic) bond motifs is 1. The van der Waals surface area contributed by atoms with Gasteiger partial charge in [-0.2, -0.15) is 0 Å². The third-order valence-electron chi connectivity index (χ3n) is 3.32. The Morgan fingerprint density at radius 2 is 2.32 bits per heavy atom. The predicted molar refractivity (Wildman–Crippen MR) is 75.5 cm³/mol. The molecule has 3 rings (SSSR count). The average Bonchev–Trinajstić information content (AvgIpc) is 2.94. The Morgan fingerprint density at radius 1 is 1.47 bits per heavy atom. The number of likely N-dealkylation sites (N-methyl/N-ethyl adjacent to an activating group) is 1. The van der Waals surface area contributed by atoms with E-state index in [0.29, 0.717) is 10.8 Å². The van der Waals surface area contributed by atoms with Gasteiger partial charge in [0.15, 0.2) is 5.13 Å². The second-order valence-electron chi connectivity index (χ2n) is 4.84. The summed E-state index contributed by atoms with van der Waals surface area (Å²) in [4.78, 5) is 20.1. The Balaban J connectivity index is 1.78. The van der Waals surface area contributed by atoms with Gasteiger partial charge in [0.1, 0.15) is 5.69 Å². The molecule has 0 bridgehead atoms. The number of nitrogens with one attached hydrogen (secondary N) is 1. The van der Waals surface area contributed by atoms with Crippen LogP contribution < -0.4 is 5.32 Å². The van der Waals surface area contributed by atoms with Crippen LogP contribution in [-0.2, 0) is 20.0 Å². The summed E-state index contributed by atoms with van der Waals surface area (Å²) < 4.78 is 1.80. The van der Waals surface area contributed by atoms with E-state index in [4.69, 9.17) is 0 Å². The molecule has 1 aliphatic rings. The Kier molecular flexibility index (Phi) is 3.12. The molecule has 0 saturated carbocycles. The molecule has 1 N–H and O–H groups in total. The topological polar surface area (TPSA) is 50.2 Å². The number of amides is 1. The molecule has 0 aliphatic carbocycles. The molecule has 100 valence electrons. The van der Waals surface area contributed by atoms with Gasteiger partial charge >= 0.3 is 0 Å². The van der Waals surface area contributed by atoms with Gasteiger partial charge in [0.25, 0.3) is 5.91 Å². The predicted octanol–water partition coefficient (Wildman–Crippen LogP) is 1.72. The van der Waals surface area contributed by atoms with E-state index in [1.165, 1.54) is 4.88 Å². The van der Waals surface area contributed by atoms with Crippen LogP contribution in [0.4, 0.5) is 5.13 Å². The molecule has 1 aliphatic heterocycles. The van der Waals surface area contributed by atoms with Crippen LogP contribution in [0.5, 0.6) is 0 Å². The maximum atomic E-state index is 12.1. The van der Waals surface area contributed by atoms with E-state index in [2.05, 4.69) is 22.2 Å². The number of rotatable bonds is 2. The van der Waals surface area contributed by atoms with E-state index in [0.717, 1.165) is 25.2 Å². The maximum Gasteiger partial charge on any atom is 0.274 e. The lowest BCUT2D eigenvalue weighted by atomic mass is 10.2. The number of hydrogen-bond donors (Lipinski definition) is 1. The van der Waals surface area contributed by atoms with Gasteiger partial charge in [-0.3, -0.25) is 10.1 Å². The van der Waals surface area contributed by atoms with Crippen LogP contribution in [-0.4, -0.2) is 34.0 Å². The van der Waals surface area contributed by atoms with E-state index in [1.807, 2.05) is 19.3 Å². The number of carbonyl (C=O) groups excluding carboxylic acids is 1. The minimum atomic E-state index is -0.105. The van der Waals surface area contributed by atoms with E-state index < -0.39 is 0 Å². The lowest BCUT2D eigenvalue weighted by molar-refractivity contribution is 0.101. The molecule has 2 aromatic rings. The molecule has 0 aromatic carbocycles. The van der Waals surface area contributed by atoms with Crippen LogP contribution in [0, 0.1) is 0 Å². The van der Waals surface area contributed by atoms with Gasteiger partial charge in [0.05, 0.1) is 5.69 Å². The molecule has 5 nitrogen and oxygen atoms in total. The zero-order valence-electron chi connectivity index (χ0n) is 11.0. The molecule has 6 heteroatoms. The van der Waals surface area contributed by atoms with Crippen molar-refractivity contribution in [1.29, 1.82) is 0 Å². The number of carbonyl (C=O) groups is 1. The van der Waals surface area contributed by atoms with Crippen molar-refractivity contribution in [2.24, 2.45) is 7.05 Å². The summed E-state index contributed by atoms with van der Waals surface area (Å²) in [6, 6.07) is 3.66. The molecule has 0 spiro atoms. The van der Waals surface area contributed by atoms with Gasteiger partial charge < -0.3 is 9.47 Å². The standard InChI is InChI=1S/C13H16N4OS/c1-16-7-5-9-11(8-16)19-13(14-9)15-12(18)10-4-3-6-17(10)2/h3-4,6H,5,7-8H2,1-2H3,(H,14,15,18). The molecule has 0 fully saturated rings. The summed E-state index contributed by atoms with van der Waals surface area (Å²) >= 11 is 1.58. The van der Waals surface area contributed by atoms with Crippen molar-refractivity contribution in [2.45, 2.75) is 13.0 Å². The zero-order valence-corrected chi connectivity index (χ0v) is 11.8. The van der Waals surface area contributed by atoms with Crippen molar-refractivity contribution in [3.63, 3.8) is 0 Å². The van der Waals surface area contributed by atoms with Crippen molar-refractivity contribution < 1.29 is 4.79 Å². The number of anilines is 1. The van der Waals surface area contributed by atoms with Gasteiger partial charge in [0.2, 0.25) is 0 Å². The van der Waals surface area contributed by atoms with Crippen LogP contribution >= 0.6 is 11.3 Å². The minimum absolute atomic E-state index is 0.105. The molecule has 0 saturated heterocycles. The second-order valence-corrected chi connectivity index (χ2v) is 5.92. The minimum Gasteiger partial charge on any atom is -0.347 e. The first-order valence-electron chi connectivity index (χ1n) is 6.23. The molecule has 19 heavy (non-hydrogen) atoms. The largest absolute Gasteiger partial charge is 0.347 e. The molecule has 2 aromatic heterocycles. The fourth-order valence-electron chi connectivity index (χ4n) is 2.23. The number of nitrogens with zero attached hydrogens (tertiary/aromatic N) is 3. The lowest BCUT2D eigenvalue weighted by Gasteiger charge is -2.20. The van der Waals surface area contributed by atoms with Crippen molar-refractivity contribution in [1.82, 2.24) is 14.5 Å².